The predicted molar refractivity (Wildman–Crippen MR) is 102 cm³/mol. The molecule has 146 valence electrons. The van der Waals surface area contributed by atoms with Crippen LogP contribution >= 0.6 is 0 Å². The van der Waals surface area contributed by atoms with Crippen LogP contribution in [0.2, 0.25) is 0 Å². The zero-order chi connectivity index (χ0) is 19.1. The summed E-state index contributed by atoms with van der Waals surface area (Å²) in [6.07, 6.45) is 5.00. The van der Waals surface area contributed by atoms with Crippen LogP contribution in [0.4, 0.5) is 5.95 Å². The fourth-order valence-corrected chi connectivity index (χ4v) is 4.17. The number of aromatic nitrogens is 4. The second-order valence-electron chi connectivity index (χ2n) is 7.49. The maximum absolute atomic E-state index is 12.6. The molecule has 0 N–H and O–H groups in total. The largest absolute Gasteiger partial charge is 0.332 e. The number of fused-ring (bicyclic) bond motifs is 3. The van der Waals surface area contributed by atoms with E-state index in [2.05, 4.69) is 9.88 Å². The quantitative estimate of drug-likeness (QED) is 0.755. The van der Waals surface area contributed by atoms with Gasteiger partial charge in [-0.15, -0.1) is 0 Å². The van der Waals surface area contributed by atoms with E-state index in [1.807, 2.05) is 0 Å². The molecule has 0 atom stereocenters. The average Bonchev–Trinajstić information content (AvgIpc) is 3.07. The average molecular weight is 374 g/mol. The fraction of sp³-hybridized carbons (Fsp3) is 0.667. The summed E-state index contributed by atoms with van der Waals surface area (Å²) in [7, 11) is 3.07. The Labute approximate surface area is 156 Å². The van der Waals surface area contributed by atoms with Gasteiger partial charge in [-0.05, 0) is 38.9 Å². The molecule has 2 aliphatic heterocycles. The molecule has 27 heavy (non-hydrogen) atoms. The Morgan fingerprint density at radius 2 is 1.67 bits per heavy atom. The number of piperidine rings is 1. The molecule has 2 aromatic rings. The lowest BCUT2D eigenvalue weighted by Crippen LogP contribution is -2.41. The molecule has 0 bridgehead atoms. The molecule has 0 saturated carbocycles. The van der Waals surface area contributed by atoms with E-state index in [1.54, 1.807) is 16.5 Å². The van der Waals surface area contributed by atoms with Crippen molar-refractivity contribution in [2.75, 3.05) is 31.1 Å². The van der Waals surface area contributed by atoms with Crippen molar-refractivity contribution in [1.82, 2.24) is 23.6 Å². The third-order valence-corrected chi connectivity index (χ3v) is 5.72. The number of anilines is 1. The topological polar surface area (TPSA) is 85.4 Å². The van der Waals surface area contributed by atoms with Crippen molar-refractivity contribution in [1.29, 1.82) is 0 Å². The summed E-state index contributed by atoms with van der Waals surface area (Å²) >= 11 is 0. The maximum Gasteiger partial charge on any atom is 0.332 e. The molecular weight excluding hydrogens is 348 g/mol. The first kappa shape index (κ1) is 18.0. The second kappa shape index (κ2) is 6.95. The Balaban J connectivity index is 1.65. The third kappa shape index (κ3) is 2.99. The predicted octanol–water partition coefficient (Wildman–Crippen LogP) is 0.0464. The highest BCUT2D eigenvalue weighted by Gasteiger charge is 2.30. The molecule has 1 amide bonds. The van der Waals surface area contributed by atoms with Gasteiger partial charge in [0.25, 0.3) is 5.56 Å². The van der Waals surface area contributed by atoms with Gasteiger partial charge in [-0.3, -0.25) is 23.6 Å². The summed E-state index contributed by atoms with van der Waals surface area (Å²) in [5, 5.41) is 0. The van der Waals surface area contributed by atoms with Crippen LogP contribution in [0, 0.1) is 0 Å². The number of amides is 1. The van der Waals surface area contributed by atoms with E-state index in [9.17, 15) is 14.4 Å². The SMILES string of the molecule is Cn1c(=O)c2c(nc3n2CCC(=O)N3CCCN2CCCCC2)n(C)c1=O. The molecule has 0 unspecified atom stereocenters. The molecule has 9 heteroatoms. The van der Waals surface area contributed by atoms with Crippen LogP contribution < -0.4 is 16.1 Å². The summed E-state index contributed by atoms with van der Waals surface area (Å²) in [5.74, 6) is 0.511. The highest BCUT2D eigenvalue weighted by molar-refractivity contribution is 5.95. The smallest absolute Gasteiger partial charge is 0.303 e. The van der Waals surface area contributed by atoms with Gasteiger partial charge in [-0.25, -0.2) is 4.79 Å². The van der Waals surface area contributed by atoms with Gasteiger partial charge in [0.05, 0.1) is 0 Å². The molecule has 4 rings (SSSR count). The minimum atomic E-state index is -0.411. The first-order valence-corrected chi connectivity index (χ1v) is 9.68. The van der Waals surface area contributed by atoms with Gasteiger partial charge in [-0.2, -0.15) is 4.98 Å². The van der Waals surface area contributed by atoms with Crippen LogP contribution in [-0.2, 0) is 25.4 Å². The molecule has 2 aliphatic rings. The number of rotatable bonds is 4. The Morgan fingerprint density at radius 1 is 0.926 bits per heavy atom. The number of likely N-dealkylation sites (tertiary alicyclic amines) is 1. The lowest BCUT2D eigenvalue weighted by atomic mass is 10.1. The second-order valence-corrected chi connectivity index (χ2v) is 7.49. The van der Waals surface area contributed by atoms with Crippen molar-refractivity contribution in [2.45, 2.75) is 38.6 Å². The van der Waals surface area contributed by atoms with Crippen molar-refractivity contribution in [3.8, 4) is 0 Å². The molecule has 1 fully saturated rings. The highest BCUT2D eigenvalue weighted by atomic mass is 16.2. The Hall–Kier alpha value is -2.42. The summed E-state index contributed by atoms with van der Waals surface area (Å²) in [5.41, 5.74) is -0.0441. The van der Waals surface area contributed by atoms with E-state index >= 15 is 0 Å². The number of carbonyl (C=O) groups excluding carboxylic acids is 1. The molecule has 0 aromatic carbocycles. The minimum absolute atomic E-state index is 0.0262. The van der Waals surface area contributed by atoms with Gasteiger partial charge in [0.1, 0.15) is 0 Å². The van der Waals surface area contributed by atoms with Crippen LogP contribution in [0.15, 0.2) is 9.59 Å². The normalized spacial score (nSPS) is 18.3. The number of imidazole rings is 1. The van der Waals surface area contributed by atoms with Crippen LogP contribution in [0.5, 0.6) is 0 Å². The Kier molecular flexibility index (Phi) is 4.63. The standard InChI is InChI=1S/C18H26N6O3/c1-20-15-14(16(26)21(2)18(20)27)24-12-7-13(25)23(17(24)19-15)11-6-10-22-8-4-3-5-9-22/h3-12H2,1-2H3. The van der Waals surface area contributed by atoms with Gasteiger partial charge in [0.2, 0.25) is 11.9 Å². The van der Waals surface area contributed by atoms with Crippen LogP contribution in [0.3, 0.4) is 0 Å². The minimum Gasteiger partial charge on any atom is -0.303 e. The number of hydrogen-bond donors (Lipinski definition) is 0. The molecule has 0 aliphatic carbocycles. The van der Waals surface area contributed by atoms with Gasteiger partial charge in [-0.1, -0.05) is 6.42 Å². The Morgan fingerprint density at radius 3 is 2.41 bits per heavy atom. The zero-order valence-corrected chi connectivity index (χ0v) is 16.0. The lowest BCUT2D eigenvalue weighted by Gasteiger charge is -2.30. The maximum atomic E-state index is 12.6. The number of carbonyl (C=O) groups is 1. The van der Waals surface area contributed by atoms with E-state index in [0.29, 0.717) is 36.6 Å². The first-order chi connectivity index (χ1) is 13.0. The number of nitrogens with zero attached hydrogens (tertiary/aromatic N) is 6. The number of aryl methyl sites for hydroxylation is 2. The van der Waals surface area contributed by atoms with Gasteiger partial charge in [0, 0.05) is 33.6 Å². The van der Waals surface area contributed by atoms with Gasteiger partial charge < -0.3 is 9.47 Å². The molecule has 4 heterocycles. The molecule has 0 radical (unpaired) electrons. The van der Waals surface area contributed by atoms with E-state index in [1.165, 1.54) is 30.9 Å². The molecular formula is C18H26N6O3. The highest BCUT2D eigenvalue weighted by Crippen LogP contribution is 2.25. The van der Waals surface area contributed by atoms with Crippen molar-refractivity contribution < 1.29 is 4.79 Å². The van der Waals surface area contributed by atoms with Gasteiger partial charge >= 0.3 is 5.69 Å². The molecule has 1 saturated heterocycles. The van der Waals surface area contributed by atoms with E-state index in [4.69, 9.17) is 0 Å². The van der Waals surface area contributed by atoms with Crippen LogP contribution in [-0.4, -0.2) is 55.7 Å². The van der Waals surface area contributed by atoms with Crippen molar-refractivity contribution >= 4 is 23.0 Å². The van der Waals surface area contributed by atoms with Crippen molar-refractivity contribution in [2.24, 2.45) is 14.1 Å². The van der Waals surface area contributed by atoms with Crippen LogP contribution in [0.1, 0.15) is 32.1 Å². The van der Waals surface area contributed by atoms with E-state index in [-0.39, 0.29) is 11.5 Å². The van der Waals surface area contributed by atoms with Crippen LogP contribution in [0.25, 0.3) is 11.2 Å². The monoisotopic (exact) mass is 374 g/mol. The molecule has 0 spiro atoms. The third-order valence-electron chi connectivity index (χ3n) is 5.72. The summed E-state index contributed by atoms with van der Waals surface area (Å²) < 4.78 is 4.26. The number of hydrogen-bond acceptors (Lipinski definition) is 5. The van der Waals surface area contributed by atoms with Crippen molar-refractivity contribution in [3.05, 3.63) is 20.8 Å². The summed E-state index contributed by atoms with van der Waals surface area (Å²) in [6, 6.07) is 0. The first-order valence-electron chi connectivity index (χ1n) is 9.68. The van der Waals surface area contributed by atoms with E-state index < -0.39 is 5.69 Å². The summed E-state index contributed by atoms with van der Waals surface area (Å²) in [4.78, 5) is 46.0. The molecule has 2 aromatic heterocycles. The molecule has 9 nitrogen and oxygen atoms in total. The van der Waals surface area contributed by atoms with Gasteiger partial charge in [0.15, 0.2) is 11.2 Å². The fourth-order valence-electron chi connectivity index (χ4n) is 4.17. The lowest BCUT2D eigenvalue weighted by molar-refractivity contribution is -0.119. The summed E-state index contributed by atoms with van der Waals surface area (Å²) in [6.45, 7) is 4.22. The Bertz CT molecular complexity index is 995. The van der Waals surface area contributed by atoms with Crippen molar-refractivity contribution in [3.63, 3.8) is 0 Å². The van der Waals surface area contributed by atoms with E-state index in [0.717, 1.165) is 30.6 Å². The zero-order valence-electron chi connectivity index (χ0n) is 16.0.